The van der Waals surface area contributed by atoms with Crippen molar-refractivity contribution in [1.29, 1.82) is 0 Å². The second kappa shape index (κ2) is 4.89. The second-order valence-electron chi connectivity index (χ2n) is 3.28. The van der Waals surface area contributed by atoms with Crippen molar-refractivity contribution >= 4 is 11.7 Å². The zero-order valence-corrected chi connectivity index (χ0v) is 8.70. The summed E-state index contributed by atoms with van der Waals surface area (Å²) in [5, 5.41) is 8.58. The summed E-state index contributed by atoms with van der Waals surface area (Å²) in [6, 6.07) is 2.25. The molecule has 0 amide bonds. The molecule has 3 N–H and O–H groups in total. The third kappa shape index (κ3) is 2.27. The number of aromatic carboxylic acids is 1. The number of likely N-dealkylation sites (N-methyl/N-ethyl adjacent to an activating group) is 1. The molecule has 0 saturated heterocycles. The Balaban J connectivity index is 3.16. The van der Waals surface area contributed by atoms with Crippen LogP contribution in [0.3, 0.4) is 0 Å². The highest BCUT2D eigenvalue weighted by Gasteiger charge is 2.19. The molecule has 0 aliphatic rings. The highest BCUT2D eigenvalue weighted by Crippen LogP contribution is 2.23. The van der Waals surface area contributed by atoms with Gasteiger partial charge in [-0.05, 0) is 12.1 Å². The van der Waals surface area contributed by atoms with Gasteiger partial charge in [0.1, 0.15) is 0 Å². The molecule has 1 aromatic carbocycles. The molecule has 0 fully saturated rings. The monoisotopic (exact) mass is 230 g/mol. The second-order valence-corrected chi connectivity index (χ2v) is 3.28. The van der Waals surface area contributed by atoms with Gasteiger partial charge in [0, 0.05) is 20.1 Å². The summed E-state index contributed by atoms with van der Waals surface area (Å²) in [5.74, 6) is -4.02. The largest absolute Gasteiger partial charge is 0.478 e. The molecule has 4 nitrogen and oxygen atoms in total. The molecule has 0 spiro atoms. The van der Waals surface area contributed by atoms with Crippen molar-refractivity contribution in [3.8, 4) is 0 Å². The van der Waals surface area contributed by atoms with Crippen LogP contribution in [0.4, 0.5) is 14.5 Å². The normalized spacial score (nSPS) is 10.2. The van der Waals surface area contributed by atoms with E-state index >= 15 is 0 Å². The van der Waals surface area contributed by atoms with E-state index in [0.29, 0.717) is 6.54 Å². The van der Waals surface area contributed by atoms with Crippen molar-refractivity contribution in [2.75, 3.05) is 25.0 Å². The van der Waals surface area contributed by atoms with Crippen LogP contribution in [0.5, 0.6) is 0 Å². The Morgan fingerprint density at radius 1 is 1.44 bits per heavy atom. The molecule has 0 aromatic heterocycles. The number of nitrogens with two attached hydrogens (primary N) is 1. The molecule has 0 unspecified atom stereocenters. The smallest absolute Gasteiger partial charge is 0.338 e. The van der Waals surface area contributed by atoms with Crippen LogP contribution >= 0.6 is 0 Å². The number of carboxylic acids is 1. The van der Waals surface area contributed by atoms with Gasteiger partial charge in [0.25, 0.3) is 0 Å². The van der Waals surface area contributed by atoms with Gasteiger partial charge in [0.05, 0.1) is 11.3 Å². The number of carboxylic acid groups (broad SMARTS) is 1. The quantitative estimate of drug-likeness (QED) is 0.811. The summed E-state index contributed by atoms with van der Waals surface area (Å²) in [7, 11) is 1.55. The molecular weight excluding hydrogens is 218 g/mol. The first-order valence-corrected chi connectivity index (χ1v) is 4.61. The Hall–Kier alpha value is -1.69. The van der Waals surface area contributed by atoms with E-state index in [1.807, 2.05) is 0 Å². The fraction of sp³-hybridized carbons (Fsp3) is 0.300. The first-order valence-electron chi connectivity index (χ1n) is 4.61. The molecule has 0 bridgehead atoms. The summed E-state index contributed by atoms with van der Waals surface area (Å²) in [6.07, 6.45) is 0. The third-order valence-corrected chi connectivity index (χ3v) is 2.17. The van der Waals surface area contributed by atoms with Crippen molar-refractivity contribution in [1.82, 2.24) is 0 Å². The van der Waals surface area contributed by atoms with Gasteiger partial charge in [-0.3, -0.25) is 0 Å². The molecule has 0 aliphatic heterocycles. The topological polar surface area (TPSA) is 66.6 Å². The summed E-state index contributed by atoms with van der Waals surface area (Å²) in [4.78, 5) is 12.0. The molecule has 16 heavy (non-hydrogen) atoms. The van der Waals surface area contributed by atoms with Gasteiger partial charge in [0.2, 0.25) is 0 Å². The first-order chi connectivity index (χ1) is 7.49. The number of carbonyl (C=O) groups is 1. The average Bonchev–Trinajstić information content (AvgIpc) is 2.21. The average molecular weight is 230 g/mol. The van der Waals surface area contributed by atoms with Crippen LogP contribution in [0.25, 0.3) is 0 Å². The lowest BCUT2D eigenvalue weighted by atomic mass is 10.1. The molecule has 88 valence electrons. The molecule has 0 radical (unpaired) electrons. The van der Waals surface area contributed by atoms with Crippen molar-refractivity contribution in [3.05, 3.63) is 29.3 Å². The fourth-order valence-corrected chi connectivity index (χ4v) is 1.31. The maximum absolute atomic E-state index is 13.5. The summed E-state index contributed by atoms with van der Waals surface area (Å²) < 4.78 is 26.8. The highest BCUT2D eigenvalue weighted by molar-refractivity contribution is 5.88. The molecule has 0 heterocycles. The number of anilines is 1. The van der Waals surface area contributed by atoms with Crippen molar-refractivity contribution in [3.63, 3.8) is 0 Å². The zero-order valence-electron chi connectivity index (χ0n) is 8.70. The lowest BCUT2D eigenvalue weighted by molar-refractivity contribution is 0.0690. The van der Waals surface area contributed by atoms with Crippen LogP contribution in [-0.4, -0.2) is 31.2 Å². The van der Waals surface area contributed by atoms with E-state index in [1.165, 1.54) is 11.0 Å². The van der Waals surface area contributed by atoms with Gasteiger partial charge >= 0.3 is 5.97 Å². The van der Waals surface area contributed by atoms with Gasteiger partial charge in [-0.2, -0.15) is 0 Å². The predicted molar refractivity (Wildman–Crippen MR) is 55.6 cm³/mol. The van der Waals surface area contributed by atoms with Gasteiger partial charge in [-0.1, -0.05) is 0 Å². The number of benzene rings is 1. The minimum absolute atomic E-state index is 0.00653. The summed E-state index contributed by atoms with van der Waals surface area (Å²) >= 11 is 0. The summed E-state index contributed by atoms with van der Waals surface area (Å²) in [6.45, 7) is 0.640. The maximum Gasteiger partial charge on any atom is 0.338 e. The van der Waals surface area contributed by atoms with Gasteiger partial charge in [0.15, 0.2) is 11.6 Å². The Morgan fingerprint density at radius 3 is 2.56 bits per heavy atom. The lowest BCUT2D eigenvalue weighted by Crippen LogP contribution is -2.26. The van der Waals surface area contributed by atoms with E-state index in [-0.39, 0.29) is 12.2 Å². The standard InChI is InChI=1S/C10H12F2N2O2/c1-14(5-4-13)7-3-2-6(10(15)16)8(11)9(7)12/h2-3H,4-5,13H2,1H3,(H,15,16). The van der Waals surface area contributed by atoms with Gasteiger partial charge in [-0.15, -0.1) is 0 Å². The highest BCUT2D eigenvalue weighted by atomic mass is 19.2. The molecule has 1 aromatic rings. The van der Waals surface area contributed by atoms with Crippen LogP contribution in [-0.2, 0) is 0 Å². The number of nitrogens with zero attached hydrogens (tertiary/aromatic N) is 1. The Kier molecular flexibility index (Phi) is 3.78. The predicted octanol–water partition coefficient (Wildman–Crippen LogP) is 1.06. The Morgan fingerprint density at radius 2 is 2.06 bits per heavy atom. The van der Waals surface area contributed by atoms with Crippen LogP contribution < -0.4 is 10.6 Å². The number of rotatable bonds is 4. The van der Waals surface area contributed by atoms with E-state index in [9.17, 15) is 13.6 Å². The number of halogens is 2. The summed E-state index contributed by atoms with van der Waals surface area (Å²) in [5.41, 5.74) is 4.60. The Labute approximate surface area is 91.3 Å². The van der Waals surface area contributed by atoms with E-state index in [4.69, 9.17) is 10.8 Å². The van der Waals surface area contributed by atoms with Crippen molar-refractivity contribution in [2.45, 2.75) is 0 Å². The van der Waals surface area contributed by atoms with Crippen LogP contribution in [0, 0.1) is 11.6 Å². The molecule has 0 aliphatic carbocycles. The molecule has 1 rings (SSSR count). The van der Waals surface area contributed by atoms with Gasteiger partial charge in [-0.25, -0.2) is 13.6 Å². The molecule has 0 atom stereocenters. The van der Waals surface area contributed by atoms with E-state index in [0.717, 1.165) is 6.07 Å². The minimum atomic E-state index is -1.50. The molecule has 6 heteroatoms. The van der Waals surface area contributed by atoms with Crippen LogP contribution in [0.2, 0.25) is 0 Å². The molecular formula is C10H12F2N2O2. The Bertz CT molecular complexity index is 410. The lowest BCUT2D eigenvalue weighted by Gasteiger charge is -2.19. The maximum atomic E-state index is 13.5. The van der Waals surface area contributed by atoms with E-state index < -0.39 is 23.2 Å². The first kappa shape index (κ1) is 12.4. The van der Waals surface area contributed by atoms with E-state index in [2.05, 4.69) is 0 Å². The van der Waals surface area contributed by atoms with Crippen molar-refractivity contribution in [2.24, 2.45) is 5.73 Å². The third-order valence-electron chi connectivity index (χ3n) is 2.17. The van der Waals surface area contributed by atoms with Crippen LogP contribution in [0.15, 0.2) is 12.1 Å². The van der Waals surface area contributed by atoms with Crippen molar-refractivity contribution < 1.29 is 18.7 Å². The fourth-order valence-electron chi connectivity index (χ4n) is 1.31. The number of hydrogen-bond donors (Lipinski definition) is 2. The SMILES string of the molecule is CN(CCN)c1ccc(C(=O)O)c(F)c1F. The molecule has 0 saturated carbocycles. The zero-order chi connectivity index (χ0) is 12.3. The van der Waals surface area contributed by atoms with Crippen LogP contribution in [0.1, 0.15) is 10.4 Å². The van der Waals surface area contributed by atoms with E-state index in [1.54, 1.807) is 7.05 Å². The number of hydrogen-bond acceptors (Lipinski definition) is 3. The van der Waals surface area contributed by atoms with Gasteiger partial charge < -0.3 is 15.7 Å². The minimum Gasteiger partial charge on any atom is -0.478 e.